The van der Waals surface area contributed by atoms with Gasteiger partial charge < -0.3 is 10.6 Å². The first kappa shape index (κ1) is 20.4. The molecule has 3 aromatic carbocycles. The van der Waals surface area contributed by atoms with Crippen LogP contribution in [0.15, 0.2) is 54.6 Å². The average Bonchev–Trinajstić information content (AvgIpc) is 2.72. The monoisotopic (exact) mass is 412 g/mol. The summed E-state index contributed by atoms with van der Waals surface area (Å²) in [7, 11) is 0. The zero-order chi connectivity index (χ0) is 21.3. The van der Waals surface area contributed by atoms with Gasteiger partial charge in [-0.25, -0.2) is 13.2 Å². The van der Waals surface area contributed by atoms with Crippen molar-refractivity contribution in [1.82, 2.24) is 10.6 Å². The Morgan fingerprint density at radius 1 is 1.00 bits per heavy atom. The van der Waals surface area contributed by atoms with Crippen LogP contribution in [0.2, 0.25) is 0 Å². The third kappa shape index (κ3) is 4.05. The third-order valence-corrected chi connectivity index (χ3v) is 5.86. The normalized spacial score (nSPS) is 19.3. The van der Waals surface area contributed by atoms with E-state index < -0.39 is 23.0 Å². The molecule has 1 aliphatic carbocycles. The molecule has 1 amide bonds. The second kappa shape index (κ2) is 8.48. The fourth-order valence-electron chi connectivity index (χ4n) is 4.09. The topological polar surface area (TPSA) is 41.1 Å². The number of hydrogen-bond acceptors (Lipinski definition) is 2. The Morgan fingerprint density at radius 2 is 1.70 bits per heavy atom. The lowest BCUT2D eigenvalue weighted by Gasteiger charge is -2.37. The Bertz CT molecular complexity index is 1070. The molecule has 6 heteroatoms. The van der Waals surface area contributed by atoms with E-state index in [-0.39, 0.29) is 30.5 Å². The molecule has 1 atom stereocenters. The zero-order valence-corrected chi connectivity index (χ0v) is 16.6. The van der Waals surface area contributed by atoms with Gasteiger partial charge in [0.05, 0.1) is 0 Å². The predicted molar refractivity (Wildman–Crippen MR) is 110 cm³/mol. The quantitative estimate of drug-likeness (QED) is 0.560. The van der Waals surface area contributed by atoms with Gasteiger partial charge in [-0.15, -0.1) is 0 Å². The van der Waals surface area contributed by atoms with E-state index in [9.17, 15) is 18.0 Å². The highest BCUT2D eigenvalue weighted by Crippen LogP contribution is 2.31. The van der Waals surface area contributed by atoms with Crippen LogP contribution in [-0.4, -0.2) is 11.9 Å². The number of fused-ring (bicyclic) bond motifs is 1. The molecule has 0 bridgehead atoms. The van der Waals surface area contributed by atoms with Gasteiger partial charge in [0.25, 0.3) is 0 Å². The largest absolute Gasteiger partial charge is 0.352 e. The summed E-state index contributed by atoms with van der Waals surface area (Å²) >= 11 is 0. The smallest absolute Gasteiger partial charge is 0.223 e. The molecule has 0 radical (unpaired) electrons. The molecule has 1 aliphatic rings. The van der Waals surface area contributed by atoms with E-state index in [1.807, 2.05) is 18.2 Å². The third-order valence-electron chi connectivity index (χ3n) is 5.86. The summed E-state index contributed by atoms with van der Waals surface area (Å²) in [5.41, 5.74) is 0.750. The lowest BCUT2D eigenvalue weighted by molar-refractivity contribution is -0.128. The van der Waals surface area contributed by atoms with Crippen LogP contribution in [0.3, 0.4) is 0 Å². The molecule has 0 aliphatic heterocycles. The van der Waals surface area contributed by atoms with Gasteiger partial charge in [0.1, 0.15) is 5.82 Å². The van der Waals surface area contributed by atoms with Crippen molar-refractivity contribution >= 4 is 16.7 Å². The van der Waals surface area contributed by atoms with Gasteiger partial charge in [-0.3, -0.25) is 4.79 Å². The first-order valence-electron chi connectivity index (χ1n) is 10.1. The number of rotatable bonds is 6. The Labute approximate surface area is 173 Å². The molecule has 0 heterocycles. The van der Waals surface area contributed by atoms with Gasteiger partial charge >= 0.3 is 0 Å². The van der Waals surface area contributed by atoms with Crippen LogP contribution in [0.4, 0.5) is 13.2 Å². The van der Waals surface area contributed by atoms with Gasteiger partial charge in [-0.05, 0) is 48.2 Å². The number of carbonyl (C=O) groups excluding carboxylic acids is 1. The highest BCUT2D eigenvalue weighted by atomic mass is 19.2. The summed E-state index contributed by atoms with van der Waals surface area (Å²) in [6, 6.07) is 16.4. The lowest BCUT2D eigenvalue weighted by atomic mass is 9.79. The molecule has 3 aromatic rings. The van der Waals surface area contributed by atoms with Crippen molar-refractivity contribution in [3.05, 3.63) is 83.2 Å². The second-order valence-corrected chi connectivity index (χ2v) is 7.86. The number of carbonyl (C=O) groups is 1. The number of amides is 1. The van der Waals surface area contributed by atoms with E-state index in [2.05, 4.69) is 41.8 Å². The van der Waals surface area contributed by atoms with Crippen LogP contribution in [0.25, 0.3) is 10.8 Å². The minimum atomic E-state index is -1.26. The Balaban J connectivity index is 1.31. The minimum absolute atomic E-state index is 0.126. The number of benzene rings is 3. The van der Waals surface area contributed by atoms with E-state index >= 15 is 0 Å². The average molecular weight is 412 g/mol. The first-order valence-corrected chi connectivity index (χ1v) is 10.1. The van der Waals surface area contributed by atoms with Gasteiger partial charge in [0, 0.05) is 30.1 Å². The summed E-state index contributed by atoms with van der Waals surface area (Å²) in [5.74, 6) is -3.74. The molecule has 0 spiro atoms. The second-order valence-electron chi connectivity index (χ2n) is 7.86. The minimum Gasteiger partial charge on any atom is -0.352 e. The molecule has 4 rings (SSSR count). The summed E-state index contributed by atoms with van der Waals surface area (Å²) < 4.78 is 40.7. The molecule has 1 fully saturated rings. The van der Waals surface area contributed by atoms with Crippen molar-refractivity contribution in [1.29, 1.82) is 0 Å². The molecule has 156 valence electrons. The molecule has 2 N–H and O–H groups in total. The van der Waals surface area contributed by atoms with Crippen LogP contribution >= 0.6 is 0 Å². The maximum atomic E-state index is 13.7. The molecule has 3 nitrogen and oxygen atoms in total. The Morgan fingerprint density at radius 3 is 2.50 bits per heavy atom. The Hall–Kier alpha value is -2.86. The van der Waals surface area contributed by atoms with Crippen LogP contribution in [0, 0.1) is 23.4 Å². The van der Waals surface area contributed by atoms with Crippen molar-refractivity contribution < 1.29 is 18.0 Å². The molecule has 30 heavy (non-hydrogen) atoms. The number of halogens is 3. The predicted octanol–water partition coefficient (Wildman–Crippen LogP) is 5.00. The van der Waals surface area contributed by atoms with Crippen molar-refractivity contribution in [3.8, 4) is 0 Å². The van der Waals surface area contributed by atoms with Crippen LogP contribution in [0.5, 0.6) is 0 Å². The molecule has 0 unspecified atom stereocenters. The summed E-state index contributed by atoms with van der Waals surface area (Å²) in [6.07, 6.45) is 1.30. The number of nitrogens with one attached hydrogen (secondary N) is 2. The van der Waals surface area contributed by atoms with Gasteiger partial charge in [-0.1, -0.05) is 42.5 Å². The molecular formula is C24H23F3N2O. The molecule has 0 aromatic heterocycles. The SMILES string of the molecule is C[C@@H](NC1CC(C(=O)NCc2c(F)ccc(F)c2F)C1)c1cccc2ccccc12. The van der Waals surface area contributed by atoms with Crippen molar-refractivity contribution in [2.75, 3.05) is 0 Å². The summed E-state index contributed by atoms with van der Waals surface area (Å²) in [4.78, 5) is 12.3. The van der Waals surface area contributed by atoms with E-state index in [0.717, 1.165) is 12.1 Å². The van der Waals surface area contributed by atoms with Crippen molar-refractivity contribution in [2.45, 2.75) is 38.4 Å². The fourth-order valence-corrected chi connectivity index (χ4v) is 4.09. The van der Waals surface area contributed by atoms with Crippen molar-refractivity contribution in [2.24, 2.45) is 5.92 Å². The fraction of sp³-hybridized carbons (Fsp3) is 0.292. The number of hydrogen-bond donors (Lipinski definition) is 2. The maximum absolute atomic E-state index is 13.7. The molecule has 1 saturated carbocycles. The van der Waals surface area contributed by atoms with Gasteiger partial charge in [-0.2, -0.15) is 0 Å². The first-order chi connectivity index (χ1) is 14.4. The highest BCUT2D eigenvalue weighted by molar-refractivity contribution is 5.86. The van der Waals surface area contributed by atoms with E-state index in [1.54, 1.807) is 0 Å². The Kier molecular flexibility index (Phi) is 5.77. The lowest BCUT2D eigenvalue weighted by Crippen LogP contribution is -2.48. The van der Waals surface area contributed by atoms with E-state index in [1.165, 1.54) is 16.3 Å². The standard InChI is InChI=1S/C24H23F3N2O/c1-14(18-8-4-6-15-5-2-3-7-19(15)18)29-17-11-16(12-17)24(30)28-13-20-21(25)9-10-22(26)23(20)27/h2-10,14,16-17,29H,11-13H2,1H3,(H,28,30)/t14-,16?,17?/m1/s1. The van der Waals surface area contributed by atoms with Crippen LogP contribution in [0.1, 0.15) is 36.9 Å². The van der Waals surface area contributed by atoms with Crippen LogP contribution in [-0.2, 0) is 11.3 Å². The van der Waals surface area contributed by atoms with Crippen molar-refractivity contribution in [3.63, 3.8) is 0 Å². The summed E-state index contributed by atoms with van der Waals surface area (Å²) in [6.45, 7) is 1.74. The zero-order valence-electron chi connectivity index (χ0n) is 16.6. The van der Waals surface area contributed by atoms with Gasteiger partial charge in [0.2, 0.25) is 5.91 Å². The van der Waals surface area contributed by atoms with E-state index in [0.29, 0.717) is 12.8 Å². The molecular weight excluding hydrogens is 389 g/mol. The van der Waals surface area contributed by atoms with E-state index in [4.69, 9.17) is 0 Å². The molecule has 0 saturated heterocycles. The highest BCUT2D eigenvalue weighted by Gasteiger charge is 2.35. The summed E-state index contributed by atoms with van der Waals surface area (Å²) in [5, 5.41) is 8.47. The van der Waals surface area contributed by atoms with Crippen LogP contribution < -0.4 is 10.6 Å². The maximum Gasteiger partial charge on any atom is 0.223 e. The van der Waals surface area contributed by atoms with Gasteiger partial charge in [0.15, 0.2) is 11.6 Å².